The summed E-state index contributed by atoms with van der Waals surface area (Å²) in [6.07, 6.45) is 12.4. The molecule has 3 heteroatoms. The van der Waals surface area contributed by atoms with Crippen LogP contribution >= 0.6 is 0 Å². The quantitative estimate of drug-likeness (QED) is 0.828. The van der Waals surface area contributed by atoms with Crippen molar-refractivity contribution < 1.29 is 0 Å². The number of hydrogen-bond acceptors (Lipinski definition) is 2. The number of hydrogen-bond donors (Lipinski definition) is 1. The van der Waals surface area contributed by atoms with Gasteiger partial charge in [-0.25, -0.2) is 0 Å². The first-order valence-electron chi connectivity index (χ1n) is 8.79. The van der Waals surface area contributed by atoms with Crippen molar-refractivity contribution in [1.29, 1.82) is 0 Å². The zero-order chi connectivity index (χ0) is 15.2. The van der Waals surface area contributed by atoms with Gasteiger partial charge in [0.05, 0.1) is 6.20 Å². The van der Waals surface area contributed by atoms with Crippen LogP contribution in [0, 0.1) is 17.8 Å². The smallest absolute Gasteiger partial charge is 0.0521 e. The van der Waals surface area contributed by atoms with Crippen LogP contribution in [0.5, 0.6) is 0 Å². The molecule has 1 aromatic heterocycles. The van der Waals surface area contributed by atoms with E-state index in [1.807, 2.05) is 11.7 Å². The number of aryl methyl sites for hydroxylation is 1. The highest BCUT2D eigenvalue weighted by Crippen LogP contribution is 2.37. The third-order valence-corrected chi connectivity index (χ3v) is 4.99. The molecular weight excluding hydrogens is 258 g/mol. The van der Waals surface area contributed by atoms with Crippen molar-refractivity contribution in [2.75, 3.05) is 6.54 Å². The first-order chi connectivity index (χ1) is 10.1. The molecule has 0 spiro atoms. The number of rotatable bonds is 7. The molecule has 0 radical (unpaired) electrons. The van der Waals surface area contributed by atoms with Gasteiger partial charge in [0.15, 0.2) is 0 Å². The van der Waals surface area contributed by atoms with Crippen molar-refractivity contribution in [1.82, 2.24) is 15.1 Å². The molecule has 1 saturated carbocycles. The van der Waals surface area contributed by atoms with Gasteiger partial charge in [-0.1, -0.05) is 40.0 Å². The fourth-order valence-electron chi connectivity index (χ4n) is 3.88. The van der Waals surface area contributed by atoms with E-state index < -0.39 is 0 Å². The molecule has 3 nitrogen and oxygen atoms in total. The Morgan fingerprint density at radius 2 is 2.14 bits per heavy atom. The molecule has 3 unspecified atom stereocenters. The Bertz CT molecular complexity index is 410. The maximum Gasteiger partial charge on any atom is 0.0521 e. The van der Waals surface area contributed by atoms with Crippen LogP contribution in [-0.2, 0) is 13.5 Å². The van der Waals surface area contributed by atoms with Crippen LogP contribution in [0.25, 0.3) is 0 Å². The number of nitrogens with zero attached hydrogens (tertiary/aromatic N) is 2. The maximum absolute atomic E-state index is 4.34. The van der Waals surface area contributed by atoms with Crippen molar-refractivity contribution in [2.45, 2.75) is 65.3 Å². The zero-order valence-corrected chi connectivity index (χ0v) is 14.3. The van der Waals surface area contributed by atoms with Gasteiger partial charge in [0.2, 0.25) is 0 Å². The molecule has 0 amide bonds. The van der Waals surface area contributed by atoms with Crippen LogP contribution in [0.1, 0.15) is 58.4 Å². The van der Waals surface area contributed by atoms with Gasteiger partial charge in [-0.05, 0) is 49.1 Å². The van der Waals surface area contributed by atoms with Crippen molar-refractivity contribution in [3.63, 3.8) is 0 Å². The summed E-state index contributed by atoms with van der Waals surface area (Å²) in [6, 6.07) is 0.595. The first kappa shape index (κ1) is 16.5. The monoisotopic (exact) mass is 291 g/mol. The Hall–Kier alpha value is -0.830. The lowest BCUT2D eigenvalue weighted by Gasteiger charge is -2.37. The minimum absolute atomic E-state index is 0.595. The van der Waals surface area contributed by atoms with Gasteiger partial charge in [0.25, 0.3) is 0 Å². The molecule has 1 aromatic rings. The Balaban J connectivity index is 1.97. The Morgan fingerprint density at radius 1 is 1.33 bits per heavy atom. The van der Waals surface area contributed by atoms with Gasteiger partial charge in [-0.15, -0.1) is 0 Å². The third-order valence-electron chi connectivity index (χ3n) is 4.99. The van der Waals surface area contributed by atoms with Gasteiger partial charge in [-0.3, -0.25) is 4.68 Å². The standard InChI is InChI=1S/C18H33N3/c1-5-6-15-7-8-17(12-19-14(2)3)18(9-15)10-16-11-20-21(4)13-16/h11,13-15,17-19H,5-10,12H2,1-4H3. The van der Waals surface area contributed by atoms with E-state index in [2.05, 4.69) is 43.6 Å². The molecule has 0 aromatic carbocycles. The summed E-state index contributed by atoms with van der Waals surface area (Å²) in [6.45, 7) is 8.00. The maximum atomic E-state index is 4.34. The topological polar surface area (TPSA) is 29.9 Å². The predicted octanol–water partition coefficient (Wildman–Crippen LogP) is 3.79. The average molecular weight is 291 g/mol. The van der Waals surface area contributed by atoms with Crippen LogP contribution < -0.4 is 5.32 Å². The van der Waals surface area contributed by atoms with Crippen LogP contribution in [0.3, 0.4) is 0 Å². The second kappa shape index (κ2) is 7.98. The molecule has 2 rings (SSSR count). The molecule has 1 fully saturated rings. The largest absolute Gasteiger partial charge is 0.314 e. The highest BCUT2D eigenvalue weighted by molar-refractivity contribution is 5.06. The van der Waals surface area contributed by atoms with E-state index in [9.17, 15) is 0 Å². The molecule has 3 atom stereocenters. The minimum Gasteiger partial charge on any atom is -0.314 e. The molecule has 1 N–H and O–H groups in total. The summed E-state index contributed by atoms with van der Waals surface area (Å²) < 4.78 is 1.93. The fraction of sp³-hybridized carbons (Fsp3) is 0.833. The number of nitrogens with one attached hydrogen (secondary N) is 1. The fourth-order valence-corrected chi connectivity index (χ4v) is 3.88. The predicted molar refractivity (Wildman–Crippen MR) is 89.3 cm³/mol. The van der Waals surface area contributed by atoms with Crippen LogP contribution in [-0.4, -0.2) is 22.4 Å². The highest BCUT2D eigenvalue weighted by Gasteiger charge is 2.30. The van der Waals surface area contributed by atoms with E-state index in [0.29, 0.717) is 6.04 Å². The van der Waals surface area contributed by atoms with E-state index in [0.717, 1.165) is 17.8 Å². The SMILES string of the molecule is CCCC1CCC(CNC(C)C)C(Cc2cnn(C)c2)C1. The molecular formula is C18H33N3. The summed E-state index contributed by atoms with van der Waals surface area (Å²) in [5.41, 5.74) is 1.41. The van der Waals surface area contributed by atoms with E-state index in [-0.39, 0.29) is 0 Å². The minimum atomic E-state index is 0.595. The van der Waals surface area contributed by atoms with Crippen LogP contribution in [0.15, 0.2) is 12.4 Å². The molecule has 120 valence electrons. The molecule has 0 saturated heterocycles. The van der Waals surface area contributed by atoms with Gasteiger partial charge < -0.3 is 5.32 Å². The van der Waals surface area contributed by atoms with E-state index in [1.54, 1.807) is 0 Å². The molecule has 1 aliphatic carbocycles. The lowest BCUT2D eigenvalue weighted by molar-refractivity contribution is 0.165. The molecule has 0 aliphatic heterocycles. The van der Waals surface area contributed by atoms with E-state index in [1.165, 1.54) is 50.6 Å². The normalized spacial score (nSPS) is 26.4. The number of aromatic nitrogens is 2. The summed E-state index contributed by atoms with van der Waals surface area (Å²) >= 11 is 0. The van der Waals surface area contributed by atoms with E-state index >= 15 is 0 Å². The molecule has 0 bridgehead atoms. The summed E-state index contributed by atoms with van der Waals surface area (Å²) in [5.74, 6) is 2.61. The summed E-state index contributed by atoms with van der Waals surface area (Å²) in [4.78, 5) is 0. The zero-order valence-electron chi connectivity index (χ0n) is 14.3. The first-order valence-corrected chi connectivity index (χ1v) is 8.79. The second-order valence-corrected chi connectivity index (χ2v) is 7.28. The summed E-state index contributed by atoms with van der Waals surface area (Å²) in [5, 5.41) is 8.00. The van der Waals surface area contributed by atoms with Gasteiger partial charge >= 0.3 is 0 Å². The van der Waals surface area contributed by atoms with Gasteiger partial charge in [0, 0.05) is 19.3 Å². The molecule has 21 heavy (non-hydrogen) atoms. The Labute approximate surface area is 130 Å². The average Bonchev–Trinajstić information content (AvgIpc) is 2.83. The van der Waals surface area contributed by atoms with Crippen molar-refractivity contribution in [3.05, 3.63) is 18.0 Å². The molecule has 1 heterocycles. The second-order valence-electron chi connectivity index (χ2n) is 7.28. The van der Waals surface area contributed by atoms with E-state index in [4.69, 9.17) is 0 Å². The lowest BCUT2D eigenvalue weighted by atomic mass is 9.70. The molecule has 1 aliphatic rings. The van der Waals surface area contributed by atoms with Crippen molar-refractivity contribution >= 4 is 0 Å². The third kappa shape index (κ3) is 5.14. The van der Waals surface area contributed by atoms with Crippen LogP contribution in [0.4, 0.5) is 0 Å². The van der Waals surface area contributed by atoms with Crippen molar-refractivity contribution in [2.24, 2.45) is 24.8 Å². The lowest BCUT2D eigenvalue weighted by Crippen LogP contribution is -2.36. The van der Waals surface area contributed by atoms with Crippen molar-refractivity contribution in [3.8, 4) is 0 Å². The Morgan fingerprint density at radius 3 is 2.76 bits per heavy atom. The highest BCUT2D eigenvalue weighted by atomic mass is 15.2. The van der Waals surface area contributed by atoms with Gasteiger partial charge in [-0.2, -0.15) is 5.10 Å². The van der Waals surface area contributed by atoms with Gasteiger partial charge in [0.1, 0.15) is 0 Å². The van der Waals surface area contributed by atoms with Crippen LogP contribution in [0.2, 0.25) is 0 Å². The summed E-state index contributed by atoms with van der Waals surface area (Å²) in [7, 11) is 2.02. The Kier molecular flexibility index (Phi) is 6.28.